The molecule has 0 aliphatic heterocycles. The Balaban J connectivity index is 1.45. The largest absolute Gasteiger partial charge is 0.467 e. The third-order valence-corrected chi connectivity index (χ3v) is 12.0. The van der Waals surface area contributed by atoms with E-state index in [1.807, 2.05) is 0 Å². The summed E-state index contributed by atoms with van der Waals surface area (Å²) in [7, 11) is 1.17. The number of carbonyl (C=O) groups excluding carboxylic acids is 9. The predicted octanol–water partition coefficient (Wildman–Crippen LogP) is 4.94. The van der Waals surface area contributed by atoms with Crippen molar-refractivity contribution in [3.8, 4) is 0 Å². The van der Waals surface area contributed by atoms with E-state index in [9.17, 15) is 43.2 Å². The molecule has 0 fully saturated rings. The minimum Gasteiger partial charge on any atom is -0.467 e. The minimum absolute atomic E-state index is 0.131. The zero-order chi connectivity index (χ0) is 59.5. The van der Waals surface area contributed by atoms with Gasteiger partial charge in [0.15, 0.2) is 0 Å². The second kappa shape index (κ2) is 27.7. The highest BCUT2D eigenvalue weighted by Crippen LogP contribution is 2.17. The number of amides is 8. The molecule has 0 bridgehead atoms. The Morgan fingerprint density at radius 2 is 0.716 bits per heavy atom. The minimum atomic E-state index is -1.80. The van der Waals surface area contributed by atoms with Crippen LogP contribution in [0.4, 0.5) is 0 Å². The molecule has 0 aliphatic rings. The number of rotatable bonds is 23. The van der Waals surface area contributed by atoms with Crippen molar-refractivity contribution in [1.82, 2.24) is 42.5 Å². The summed E-state index contributed by atoms with van der Waals surface area (Å²) in [5, 5.41) is 21.0. The van der Waals surface area contributed by atoms with Crippen molar-refractivity contribution < 1.29 is 47.9 Å². The molecule has 8 amide bonds. The average molecular weight is 1100 g/mol. The van der Waals surface area contributed by atoms with Crippen LogP contribution in [-0.4, -0.2) is 88.5 Å². The van der Waals surface area contributed by atoms with Gasteiger partial charge in [-0.05, 0) is 108 Å². The molecule has 1 atom stereocenters. The summed E-state index contributed by atoms with van der Waals surface area (Å²) in [5.74, 6) is -7.63. The first-order chi connectivity index (χ1) is 38.2. The van der Waals surface area contributed by atoms with Gasteiger partial charge in [-0.15, -0.1) is 0 Å². The van der Waals surface area contributed by atoms with E-state index in [1.165, 1.54) is 86.8 Å². The number of esters is 1. The fraction of sp³-hybridized carbons (Fsp3) is 0.242. The van der Waals surface area contributed by atoms with Crippen LogP contribution in [0.15, 0.2) is 174 Å². The van der Waals surface area contributed by atoms with Gasteiger partial charge >= 0.3 is 5.97 Å². The number of carbonyl (C=O) groups is 9. The molecule has 0 saturated carbocycles. The molecule has 422 valence electrons. The maximum absolute atomic E-state index is 14.8. The quantitative estimate of drug-likeness (QED) is 0.0312. The van der Waals surface area contributed by atoms with Crippen LogP contribution >= 0.6 is 0 Å². The van der Waals surface area contributed by atoms with Crippen molar-refractivity contribution >= 4 is 77.5 Å². The highest BCUT2D eigenvalue weighted by Gasteiger charge is 2.37. The lowest BCUT2D eigenvalue weighted by atomic mass is 10.0. The van der Waals surface area contributed by atoms with Crippen LogP contribution in [0.25, 0.3) is 24.3 Å². The Morgan fingerprint density at radius 1 is 0.420 bits per heavy atom. The molecule has 0 saturated heterocycles. The van der Waals surface area contributed by atoms with Crippen LogP contribution in [-0.2, 0) is 54.3 Å². The van der Waals surface area contributed by atoms with Crippen molar-refractivity contribution in [2.45, 2.75) is 90.0 Å². The molecule has 5 rings (SSSR count). The molecule has 0 aliphatic carbocycles. The summed E-state index contributed by atoms with van der Waals surface area (Å²) in [4.78, 5) is 126. The van der Waals surface area contributed by atoms with Gasteiger partial charge in [-0.3, -0.25) is 38.4 Å². The summed E-state index contributed by atoms with van der Waals surface area (Å²) in [5.41, 5.74) is 1.00. The maximum Gasteiger partial charge on any atom is 0.330 e. The van der Waals surface area contributed by atoms with Crippen LogP contribution < -0.4 is 48.3 Å². The zero-order valence-electron chi connectivity index (χ0n) is 46.7. The summed E-state index contributed by atoms with van der Waals surface area (Å²) in [6.45, 7) is 11.3. The van der Waals surface area contributed by atoms with Gasteiger partial charge in [0.1, 0.15) is 45.4 Å². The van der Waals surface area contributed by atoms with Crippen molar-refractivity contribution in [3.05, 3.63) is 202 Å². The Bertz CT molecular complexity index is 3220. The van der Waals surface area contributed by atoms with Crippen molar-refractivity contribution in [2.24, 2.45) is 5.73 Å². The van der Waals surface area contributed by atoms with Gasteiger partial charge in [0.25, 0.3) is 23.6 Å². The number of nitrogens with two attached hydrogens (primary N) is 1. The maximum atomic E-state index is 14.8. The van der Waals surface area contributed by atoms with Crippen LogP contribution in [0.5, 0.6) is 0 Å². The molecule has 10 N–H and O–H groups in total. The highest BCUT2D eigenvalue weighted by molar-refractivity contribution is 6.10. The predicted molar refractivity (Wildman–Crippen MR) is 309 cm³/mol. The first-order valence-electron chi connectivity index (χ1n) is 25.7. The first-order valence-corrected chi connectivity index (χ1v) is 25.7. The number of hydrogen-bond acceptors (Lipinski definition) is 11. The smallest absolute Gasteiger partial charge is 0.330 e. The third kappa shape index (κ3) is 19.0. The Kier molecular flexibility index (Phi) is 21.2. The molecule has 0 aromatic heterocycles. The molecule has 5 aromatic rings. The van der Waals surface area contributed by atoms with Gasteiger partial charge in [-0.2, -0.15) is 0 Å². The van der Waals surface area contributed by atoms with Gasteiger partial charge in [0.05, 0.1) is 12.6 Å². The lowest BCUT2D eigenvalue weighted by molar-refractivity contribution is -0.149. The molecule has 0 radical (unpaired) electrons. The Hall–Kier alpha value is -9.75. The molecule has 19 nitrogen and oxygen atoms in total. The average Bonchev–Trinajstić information content (AvgIpc) is 3.46. The van der Waals surface area contributed by atoms with Crippen LogP contribution in [0.3, 0.4) is 0 Å². The fourth-order valence-corrected chi connectivity index (χ4v) is 7.33. The fourth-order valence-electron chi connectivity index (χ4n) is 7.33. The summed E-state index contributed by atoms with van der Waals surface area (Å²) >= 11 is 0. The summed E-state index contributed by atoms with van der Waals surface area (Å²) in [6, 6.07) is 41.5. The molecule has 0 heterocycles. The van der Waals surface area contributed by atoms with E-state index >= 15 is 0 Å². The zero-order valence-corrected chi connectivity index (χ0v) is 46.7. The van der Waals surface area contributed by atoms with Gasteiger partial charge in [-0.25, -0.2) is 4.79 Å². The van der Waals surface area contributed by atoms with Crippen LogP contribution in [0.1, 0.15) is 83.2 Å². The number of nitrogens with one attached hydrogen (secondary N) is 8. The van der Waals surface area contributed by atoms with Gasteiger partial charge in [0, 0.05) is 6.42 Å². The van der Waals surface area contributed by atoms with E-state index < -0.39 is 81.4 Å². The topological polar surface area (TPSA) is 285 Å². The van der Waals surface area contributed by atoms with E-state index in [1.54, 1.807) is 152 Å². The SMILES string of the molecule is COC(=O)C(C)(C)NC(=O)/C(=C/c1ccccc1)NC(=O)C(C)(C)NC(=O)/C(=C/c1ccccc1)NC(=O)[C@H](Cc1ccccc1)NC(=O)/C(=C/c1ccccc1)NC(=O)C(C)(C)NC(=O)/C(=C\c1ccccc1)NC(=O)C(C)(C)N. The molecule has 81 heavy (non-hydrogen) atoms. The number of benzene rings is 5. The number of hydrogen-bond donors (Lipinski definition) is 9. The lowest BCUT2D eigenvalue weighted by Crippen LogP contribution is -2.58. The second-order valence-electron chi connectivity index (χ2n) is 20.9. The van der Waals surface area contributed by atoms with Gasteiger partial charge in [-0.1, -0.05) is 152 Å². The summed E-state index contributed by atoms with van der Waals surface area (Å²) in [6.07, 6.45) is 5.42. The summed E-state index contributed by atoms with van der Waals surface area (Å²) < 4.78 is 4.84. The Morgan fingerprint density at radius 3 is 1.05 bits per heavy atom. The third-order valence-electron chi connectivity index (χ3n) is 12.0. The van der Waals surface area contributed by atoms with E-state index in [-0.39, 0.29) is 29.2 Å². The Labute approximate surface area is 471 Å². The molecule has 19 heteroatoms. The molecule has 0 spiro atoms. The van der Waals surface area contributed by atoms with E-state index in [4.69, 9.17) is 10.5 Å². The standard InChI is InChI=1S/C62H69N9O10/c1-59(2,63)55(77)66-48(38-43-31-21-13-22-32-43)53(75)70-60(3,4)56(78)67-46(36-41-27-17-11-18-28-41)51(73)64-45(35-40-25-15-10-16-26-40)50(72)65-47(37-42-29-19-12-20-30-42)52(74)69-61(5,6)57(79)68-49(39-44-33-23-14-24-34-44)54(76)71-62(7,8)58(80)81-9/h10-34,36-39,45H,35,63H2,1-9H3,(H,64,73)(H,65,72)(H,66,77)(H,67,78)(H,68,79)(H,69,74)(H,70,75)(H,71,76)/b46-36-,47-37-,48-38+,49-39-/t45-/m0/s1. The van der Waals surface area contributed by atoms with E-state index in [2.05, 4.69) is 42.5 Å². The molecule has 5 aromatic carbocycles. The second-order valence-corrected chi connectivity index (χ2v) is 20.9. The van der Waals surface area contributed by atoms with E-state index in [0.717, 1.165) is 0 Å². The van der Waals surface area contributed by atoms with E-state index in [0.29, 0.717) is 27.8 Å². The number of ether oxygens (including phenoxy) is 1. The lowest BCUT2D eigenvalue weighted by Gasteiger charge is -2.28. The highest BCUT2D eigenvalue weighted by atomic mass is 16.5. The van der Waals surface area contributed by atoms with Gasteiger partial charge in [0.2, 0.25) is 23.6 Å². The number of methoxy groups -OCH3 is 1. The normalized spacial score (nSPS) is 12.8. The van der Waals surface area contributed by atoms with Gasteiger partial charge < -0.3 is 53.0 Å². The van der Waals surface area contributed by atoms with Crippen LogP contribution in [0.2, 0.25) is 0 Å². The van der Waals surface area contributed by atoms with Crippen molar-refractivity contribution in [1.29, 1.82) is 0 Å². The monoisotopic (exact) mass is 1100 g/mol. The molecular formula is C62H69N9O10. The van der Waals surface area contributed by atoms with Crippen LogP contribution in [0, 0.1) is 0 Å². The first kappa shape index (κ1) is 62.1. The molecular weight excluding hydrogens is 1030 g/mol. The van der Waals surface area contributed by atoms with Crippen molar-refractivity contribution in [2.75, 3.05) is 7.11 Å². The van der Waals surface area contributed by atoms with Crippen molar-refractivity contribution in [3.63, 3.8) is 0 Å². The molecule has 0 unspecified atom stereocenters.